The summed E-state index contributed by atoms with van der Waals surface area (Å²) in [5.41, 5.74) is 2.00. The number of nitrogens with zero attached hydrogens (tertiary/aromatic N) is 1. The van der Waals surface area contributed by atoms with E-state index < -0.39 is 5.56 Å². The molecular formula is C16H20ClNO2. The maximum absolute atomic E-state index is 11.8. The minimum atomic E-state index is -0.584. The van der Waals surface area contributed by atoms with Crippen molar-refractivity contribution in [3.63, 3.8) is 0 Å². The molecule has 2 rings (SSSR count). The van der Waals surface area contributed by atoms with Crippen molar-refractivity contribution in [2.45, 2.75) is 25.8 Å². The molecule has 3 nitrogen and oxygen atoms in total. The predicted octanol–water partition coefficient (Wildman–Crippen LogP) is 4.13. The normalized spacial score (nSPS) is 22.6. The summed E-state index contributed by atoms with van der Waals surface area (Å²) in [6.07, 6.45) is 2.78. The van der Waals surface area contributed by atoms with Crippen LogP contribution in [0.25, 0.3) is 6.08 Å². The van der Waals surface area contributed by atoms with Crippen molar-refractivity contribution in [2.75, 3.05) is 13.1 Å². The molecule has 1 saturated heterocycles. The standard InChI is InChI=1S/C16H20ClNO2/c1-12-11-18(16(19)20-13(2)17)9-8-15(12)10-14-6-4-3-5-7-14/h3-7,10,12-13H,8-9,11H2,1-2H3/b15-10+. The van der Waals surface area contributed by atoms with Gasteiger partial charge in [0.1, 0.15) is 0 Å². The Kier molecular flexibility index (Phi) is 5.07. The van der Waals surface area contributed by atoms with E-state index in [1.165, 1.54) is 11.1 Å². The zero-order valence-corrected chi connectivity index (χ0v) is 12.6. The van der Waals surface area contributed by atoms with Crippen molar-refractivity contribution in [1.29, 1.82) is 0 Å². The smallest absolute Gasteiger partial charge is 0.411 e. The zero-order valence-electron chi connectivity index (χ0n) is 11.9. The molecule has 0 aromatic heterocycles. The van der Waals surface area contributed by atoms with Gasteiger partial charge in [-0.1, -0.05) is 60.5 Å². The number of rotatable bonds is 2. The van der Waals surface area contributed by atoms with Crippen LogP contribution < -0.4 is 0 Å². The van der Waals surface area contributed by atoms with Crippen LogP contribution >= 0.6 is 11.6 Å². The Labute approximate surface area is 125 Å². The van der Waals surface area contributed by atoms with E-state index in [-0.39, 0.29) is 6.09 Å². The number of hydrogen-bond donors (Lipinski definition) is 0. The number of halogens is 1. The number of hydrogen-bond acceptors (Lipinski definition) is 2. The Morgan fingerprint density at radius 1 is 1.45 bits per heavy atom. The Morgan fingerprint density at radius 3 is 2.75 bits per heavy atom. The van der Waals surface area contributed by atoms with E-state index in [4.69, 9.17) is 16.3 Å². The SMILES string of the molecule is CC(Cl)OC(=O)N1CC/C(=C\c2ccccc2)C(C)C1. The van der Waals surface area contributed by atoms with E-state index >= 15 is 0 Å². The van der Waals surface area contributed by atoms with Gasteiger partial charge in [0.25, 0.3) is 0 Å². The van der Waals surface area contributed by atoms with Crippen LogP contribution in [0.5, 0.6) is 0 Å². The summed E-state index contributed by atoms with van der Waals surface area (Å²) >= 11 is 5.68. The molecule has 1 amide bonds. The molecule has 0 aliphatic carbocycles. The molecule has 0 N–H and O–H groups in total. The highest BCUT2D eigenvalue weighted by atomic mass is 35.5. The fraction of sp³-hybridized carbons (Fsp3) is 0.438. The van der Waals surface area contributed by atoms with E-state index in [2.05, 4.69) is 25.1 Å². The average Bonchev–Trinajstić information content (AvgIpc) is 2.41. The number of carbonyl (C=O) groups is 1. The summed E-state index contributed by atoms with van der Waals surface area (Å²) in [5, 5.41) is 0. The third-order valence-corrected chi connectivity index (χ3v) is 3.56. The second-order valence-corrected chi connectivity index (χ2v) is 5.77. The van der Waals surface area contributed by atoms with Crippen molar-refractivity contribution in [2.24, 2.45) is 5.92 Å². The molecule has 1 aromatic rings. The number of piperidine rings is 1. The average molecular weight is 294 g/mol. The summed E-state index contributed by atoms with van der Waals surface area (Å²) in [5.74, 6) is 0.335. The molecule has 0 bridgehead atoms. The van der Waals surface area contributed by atoms with E-state index in [0.29, 0.717) is 19.0 Å². The van der Waals surface area contributed by atoms with Crippen LogP contribution in [-0.2, 0) is 4.74 Å². The Hall–Kier alpha value is -1.48. The summed E-state index contributed by atoms with van der Waals surface area (Å²) in [6, 6.07) is 10.3. The minimum absolute atomic E-state index is 0.321. The number of carbonyl (C=O) groups excluding carboxylic acids is 1. The Morgan fingerprint density at radius 2 is 2.15 bits per heavy atom. The summed E-state index contributed by atoms with van der Waals surface area (Å²) in [7, 11) is 0. The van der Waals surface area contributed by atoms with Gasteiger partial charge in [-0.25, -0.2) is 4.79 Å². The molecule has 0 radical (unpaired) electrons. The summed E-state index contributed by atoms with van der Waals surface area (Å²) in [4.78, 5) is 13.5. The van der Waals surface area contributed by atoms with Gasteiger partial charge in [-0.05, 0) is 24.8 Å². The van der Waals surface area contributed by atoms with Gasteiger partial charge in [0.2, 0.25) is 0 Å². The van der Waals surface area contributed by atoms with Gasteiger partial charge < -0.3 is 9.64 Å². The second kappa shape index (κ2) is 6.80. The molecule has 20 heavy (non-hydrogen) atoms. The number of likely N-dealkylation sites (tertiary alicyclic amines) is 1. The number of amides is 1. The molecule has 1 aliphatic rings. The molecule has 1 fully saturated rings. The third kappa shape index (κ3) is 4.01. The van der Waals surface area contributed by atoms with Crippen molar-refractivity contribution >= 4 is 23.8 Å². The Bertz CT molecular complexity index is 485. The molecule has 1 aromatic carbocycles. The monoisotopic (exact) mass is 293 g/mol. The quantitative estimate of drug-likeness (QED) is 0.767. The fourth-order valence-corrected chi connectivity index (χ4v) is 2.48. The molecule has 0 saturated carbocycles. The van der Waals surface area contributed by atoms with E-state index in [1.54, 1.807) is 11.8 Å². The van der Waals surface area contributed by atoms with E-state index in [0.717, 1.165) is 6.42 Å². The molecule has 0 spiro atoms. The lowest BCUT2D eigenvalue weighted by atomic mass is 9.92. The molecule has 2 unspecified atom stereocenters. The van der Waals surface area contributed by atoms with Gasteiger partial charge >= 0.3 is 6.09 Å². The lowest BCUT2D eigenvalue weighted by Crippen LogP contribution is -2.41. The van der Waals surface area contributed by atoms with Crippen molar-refractivity contribution in [1.82, 2.24) is 4.90 Å². The molecule has 1 heterocycles. The van der Waals surface area contributed by atoms with Crippen LogP contribution in [0.4, 0.5) is 4.79 Å². The summed E-state index contributed by atoms with van der Waals surface area (Å²) in [6.45, 7) is 5.15. The molecule has 2 atom stereocenters. The first-order valence-corrected chi connectivity index (χ1v) is 7.35. The van der Waals surface area contributed by atoms with E-state index in [1.807, 2.05) is 18.2 Å². The minimum Gasteiger partial charge on any atom is -0.430 e. The van der Waals surface area contributed by atoms with E-state index in [9.17, 15) is 4.79 Å². The lowest BCUT2D eigenvalue weighted by molar-refractivity contribution is 0.0878. The predicted molar refractivity (Wildman–Crippen MR) is 81.6 cm³/mol. The van der Waals surface area contributed by atoms with Crippen LogP contribution in [0.15, 0.2) is 35.9 Å². The number of benzene rings is 1. The van der Waals surface area contributed by atoms with Crippen molar-refractivity contribution in [3.05, 3.63) is 41.5 Å². The number of alkyl halides is 1. The molecule has 1 aliphatic heterocycles. The van der Waals surface area contributed by atoms with Gasteiger partial charge in [0, 0.05) is 13.1 Å². The topological polar surface area (TPSA) is 29.5 Å². The molecular weight excluding hydrogens is 274 g/mol. The largest absolute Gasteiger partial charge is 0.430 e. The van der Waals surface area contributed by atoms with Gasteiger partial charge in [-0.3, -0.25) is 0 Å². The maximum atomic E-state index is 11.8. The van der Waals surface area contributed by atoms with Crippen molar-refractivity contribution in [3.8, 4) is 0 Å². The molecule has 108 valence electrons. The second-order valence-electron chi connectivity index (χ2n) is 5.15. The summed E-state index contributed by atoms with van der Waals surface area (Å²) < 4.78 is 5.02. The maximum Gasteiger partial charge on any atom is 0.411 e. The van der Waals surface area contributed by atoms with Gasteiger partial charge in [-0.2, -0.15) is 0 Å². The van der Waals surface area contributed by atoms with Crippen LogP contribution in [0.2, 0.25) is 0 Å². The number of ether oxygens (including phenoxy) is 1. The first-order valence-electron chi connectivity index (χ1n) is 6.91. The highest BCUT2D eigenvalue weighted by Gasteiger charge is 2.25. The van der Waals surface area contributed by atoms with Crippen LogP contribution in [-0.4, -0.2) is 29.6 Å². The van der Waals surface area contributed by atoms with Gasteiger partial charge in [-0.15, -0.1) is 0 Å². The first-order chi connectivity index (χ1) is 9.56. The Balaban J connectivity index is 1.99. The van der Waals surface area contributed by atoms with Crippen LogP contribution in [0.1, 0.15) is 25.8 Å². The van der Waals surface area contributed by atoms with Crippen LogP contribution in [0, 0.1) is 5.92 Å². The highest BCUT2D eigenvalue weighted by molar-refractivity contribution is 6.19. The van der Waals surface area contributed by atoms with Crippen LogP contribution in [0.3, 0.4) is 0 Å². The third-order valence-electron chi connectivity index (χ3n) is 3.47. The van der Waals surface area contributed by atoms with Gasteiger partial charge in [0.05, 0.1) is 0 Å². The zero-order chi connectivity index (χ0) is 14.5. The first kappa shape index (κ1) is 14.9. The fourth-order valence-electron chi connectivity index (χ4n) is 2.41. The highest BCUT2D eigenvalue weighted by Crippen LogP contribution is 2.25. The van der Waals surface area contributed by atoms with Gasteiger partial charge in [0.15, 0.2) is 5.56 Å². The van der Waals surface area contributed by atoms with Crippen molar-refractivity contribution < 1.29 is 9.53 Å². The lowest BCUT2D eigenvalue weighted by Gasteiger charge is -2.32. The molecule has 4 heteroatoms.